The van der Waals surface area contributed by atoms with Gasteiger partial charge in [-0.3, -0.25) is 4.79 Å². The summed E-state index contributed by atoms with van der Waals surface area (Å²) in [6.45, 7) is 0. The fourth-order valence-corrected chi connectivity index (χ4v) is 3.92. The van der Waals surface area contributed by atoms with Crippen molar-refractivity contribution in [3.05, 3.63) is 119 Å². The molecule has 2 unspecified atom stereocenters. The third-order valence-corrected chi connectivity index (χ3v) is 5.73. The second-order valence-electron chi connectivity index (χ2n) is 8.15. The summed E-state index contributed by atoms with van der Waals surface area (Å²) in [5, 5.41) is 14.7. The minimum absolute atomic E-state index is 0.00180. The van der Waals surface area contributed by atoms with E-state index in [4.69, 9.17) is 0 Å². The van der Waals surface area contributed by atoms with Crippen LogP contribution >= 0.6 is 0 Å². The van der Waals surface area contributed by atoms with Crippen LogP contribution in [0, 0.1) is 11.6 Å². The smallest absolute Gasteiger partial charge is 0.386 e. The minimum atomic E-state index is -4.49. The highest BCUT2D eigenvalue weighted by atomic mass is 19.4. The van der Waals surface area contributed by atoms with Crippen LogP contribution in [0.5, 0.6) is 0 Å². The van der Waals surface area contributed by atoms with Gasteiger partial charge in [0.05, 0.1) is 17.7 Å². The van der Waals surface area contributed by atoms with Crippen molar-refractivity contribution in [1.29, 1.82) is 0 Å². The predicted molar refractivity (Wildman–Crippen MR) is 122 cm³/mol. The number of carbonyl (C=O) groups is 1. The van der Waals surface area contributed by atoms with Gasteiger partial charge in [-0.05, 0) is 70.8 Å². The molecular formula is C27H20F5NO2. The number of benzene rings is 4. The Kier molecular flexibility index (Phi) is 6.84. The Balaban J connectivity index is 1.65. The summed E-state index contributed by atoms with van der Waals surface area (Å²) >= 11 is 0. The van der Waals surface area contributed by atoms with Crippen LogP contribution < -0.4 is 5.32 Å². The number of carbonyl (C=O) groups excluding carboxylic acids is 1. The average Bonchev–Trinajstić information content (AvgIpc) is 2.82. The Morgan fingerprint density at radius 2 is 1.51 bits per heavy atom. The molecule has 4 aromatic carbocycles. The van der Waals surface area contributed by atoms with E-state index in [1.165, 1.54) is 42.5 Å². The van der Waals surface area contributed by atoms with Crippen LogP contribution in [0.15, 0.2) is 84.9 Å². The summed E-state index contributed by atoms with van der Waals surface area (Å²) in [4.78, 5) is 13.2. The summed E-state index contributed by atoms with van der Waals surface area (Å²) in [6, 6.07) is 17.3. The highest BCUT2D eigenvalue weighted by Gasteiger charge is 2.30. The summed E-state index contributed by atoms with van der Waals surface area (Å²) in [5.41, 5.74) is 0.197. The lowest BCUT2D eigenvalue weighted by molar-refractivity contribution is -0.137. The van der Waals surface area contributed by atoms with Crippen LogP contribution in [0.25, 0.3) is 10.8 Å². The molecule has 1 amide bonds. The molecule has 0 aromatic heterocycles. The number of hydrogen-bond donors (Lipinski definition) is 2. The highest BCUT2D eigenvalue weighted by Crippen LogP contribution is 2.30. The van der Waals surface area contributed by atoms with Crippen LogP contribution in [0.3, 0.4) is 0 Å². The molecule has 0 aliphatic carbocycles. The number of halogens is 5. The van der Waals surface area contributed by atoms with Gasteiger partial charge in [0, 0.05) is 5.56 Å². The Morgan fingerprint density at radius 3 is 2.17 bits per heavy atom. The Morgan fingerprint density at radius 1 is 0.857 bits per heavy atom. The molecule has 180 valence electrons. The van der Waals surface area contributed by atoms with Crippen molar-refractivity contribution in [2.45, 2.75) is 24.7 Å². The Bertz CT molecular complexity index is 1330. The largest absolute Gasteiger partial charge is 0.416 e. The minimum Gasteiger partial charge on any atom is -0.386 e. The molecule has 0 saturated carbocycles. The quantitative estimate of drug-likeness (QED) is 0.319. The summed E-state index contributed by atoms with van der Waals surface area (Å²) in [7, 11) is 0. The van der Waals surface area contributed by atoms with Crippen LogP contribution in [0.1, 0.15) is 33.2 Å². The molecule has 2 atom stereocenters. The maximum atomic E-state index is 13.6. The van der Waals surface area contributed by atoms with E-state index in [2.05, 4.69) is 5.32 Å². The van der Waals surface area contributed by atoms with E-state index < -0.39 is 41.4 Å². The number of aliphatic hydroxyl groups excluding tert-OH is 1. The van der Waals surface area contributed by atoms with Gasteiger partial charge >= 0.3 is 6.18 Å². The average molecular weight is 485 g/mol. The van der Waals surface area contributed by atoms with Gasteiger partial charge in [-0.25, -0.2) is 8.78 Å². The van der Waals surface area contributed by atoms with E-state index in [-0.39, 0.29) is 12.0 Å². The van der Waals surface area contributed by atoms with Gasteiger partial charge < -0.3 is 10.4 Å². The van der Waals surface area contributed by atoms with Crippen LogP contribution in [-0.4, -0.2) is 17.1 Å². The topological polar surface area (TPSA) is 49.3 Å². The zero-order valence-corrected chi connectivity index (χ0v) is 18.2. The van der Waals surface area contributed by atoms with E-state index in [0.29, 0.717) is 21.9 Å². The maximum Gasteiger partial charge on any atom is 0.416 e. The molecule has 0 fully saturated rings. The highest BCUT2D eigenvalue weighted by molar-refractivity contribution is 6.07. The van der Waals surface area contributed by atoms with Gasteiger partial charge in [-0.1, -0.05) is 42.5 Å². The molecule has 0 radical (unpaired) electrons. The van der Waals surface area contributed by atoms with Gasteiger partial charge in [0.25, 0.3) is 5.91 Å². The van der Waals surface area contributed by atoms with E-state index in [9.17, 15) is 31.9 Å². The lowest BCUT2D eigenvalue weighted by Gasteiger charge is -2.25. The first-order valence-corrected chi connectivity index (χ1v) is 10.7. The molecule has 3 nitrogen and oxygen atoms in total. The number of rotatable bonds is 6. The second kappa shape index (κ2) is 9.84. The number of nitrogens with one attached hydrogen (secondary N) is 1. The lowest BCUT2D eigenvalue weighted by atomic mass is 9.94. The van der Waals surface area contributed by atoms with Crippen molar-refractivity contribution >= 4 is 16.7 Å². The lowest BCUT2D eigenvalue weighted by Crippen LogP contribution is -2.41. The maximum absolute atomic E-state index is 13.6. The first kappa shape index (κ1) is 24.3. The molecule has 4 aromatic rings. The van der Waals surface area contributed by atoms with E-state index in [0.717, 1.165) is 24.3 Å². The second-order valence-corrected chi connectivity index (χ2v) is 8.15. The molecule has 2 N–H and O–H groups in total. The number of hydrogen-bond acceptors (Lipinski definition) is 2. The van der Waals surface area contributed by atoms with E-state index in [1.807, 2.05) is 0 Å². The third-order valence-electron chi connectivity index (χ3n) is 5.73. The summed E-state index contributed by atoms with van der Waals surface area (Å²) in [6.07, 6.45) is -5.77. The van der Waals surface area contributed by atoms with Crippen LogP contribution in [0.4, 0.5) is 22.0 Å². The monoisotopic (exact) mass is 485 g/mol. The Hall–Kier alpha value is -3.78. The van der Waals surface area contributed by atoms with Crippen molar-refractivity contribution in [2.24, 2.45) is 0 Å². The number of amides is 1. The molecule has 0 spiro atoms. The number of fused-ring (bicyclic) bond motifs is 1. The van der Waals surface area contributed by atoms with Crippen molar-refractivity contribution in [2.75, 3.05) is 0 Å². The molecule has 0 aliphatic heterocycles. The van der Waals surface area contributed by atoms with Gasteiger partial charge in [-0.2, -0.15) is 13.2 Å². The normalized spacial score (nSPS) is 13.4. The zero-order valence-electron chi connectivity index (χ0n) is 18.2. The van der Waals surface area contributed by atoms with E-state index in [1.54, 1.807) is 18.2 Å². The van der Waals surface area contributed by atoms with Crippen LogP contribution in [-0.2, 0) is 12.6 Å². The molecule has 8 heteroatoms. The van der Waals surface area contributed by atoms with Crippen molar-refractivity contribution < 1.29 is 31.9 Å². The van der Waals surface area contributed by atoms with Gasteiger partial charge in [0.15, 0.2) is 0 Å². The fraction of sp³-hybridized carbons (Fsp3) is 0.148. The SMILES string of the molecule is O=C(NC(Cc1ccc(C(F)(F)F)cc1)C(O)c1ccc(F)cc1)c1cccc2cc(F)ccc12. The van der Waals surface area contributed by atoms with E-state index >= 15 is 0 Å². The summed E-state index contributed by atoms with van der Waals surface area (Å²) < 4.78 is 65.8. The Labute approximate surface area is 197 Å². The summed E-state index contributed by atoms with van der Waals surface area (Å²) in [5.74, 6) is -1.52. The van der Waals surface area contributed by atoms with Gasteiger partial charge in [0.2, 0.25) is 0 Å². The fourth-order valence-electron chi connectivity index (χ4n) is 3.92. The molecule has 0 bridgehead atoms. The first-order chi connectivity index (χ1) is 16.6. The van der Waals surface area contributed by atoms with Gasteiger partial charge in [-0.15, -0.1) is 0 Å². The van der Waals surface area contributed by atoms with Crippen LogP contribution in [0.2, 0.25) is 0 Å². The molecule has 0 aliphatic rings. The van der Waals surface area contributed by atoms with Crippen molar-refractivity contribution in [3.63, 3.8) is 0 Å². The molecule has 4 rings (SSSR count). The first-order valence-electron chi connectivity index (χ1n) is 10.7. The molecule has 0 saturated heterocycles. The molecule has 35 heavy (non-hydrogen) atoms. The molecule has 0 heterocycles. The molecular weight excluding hydrogens is 465 g/mol. The predicted octanol–water partition coefficient (Wildman–Crippen LogP) is 6.21. The van der Waals surface area contributed by atoms with Gasteiger partial charge in [0.1, 0.15) is 11.6 Å². The standard InChI is InChI=1S/C27H20F5NO2/c28-20-10-6-17(7-11-20)25(34)24(14-16-4-8-19(9-5-16)27(30,31)32)33-26(35)23-3-1-2-18-15-21(29)12-13-22(18)23/h1-13,15,24-25,34H,14H2,(H,33,35). The van der Waals surface area contributed by atoms with Crippen molar-refractivity contribution in [3.8, 4) is 0 Å². The third kappa shape index (κ3) is 5.66. The number of alkyl halides is 3. The number of aliphatic hydroxyl groups is 1. The van der Waals surface area contributed by atoms with Crippen molar-refractivity contribution in [1.82, 2.24) is 5.32 Å². The zero-order chi connectivity index (χ0) is 25.2.